The van der Waals surface area contributed by atoms with Crippen molar-refractivity contribution in [3.63, 3.8) is 0 Å². The van der Waals surface area contributed by atoms with E-state index in [1.54, 1.807) is 12.4 Å². The Balaban J connectivity index is 1.60. The van der Waals surface area contributed by atoms with Crippen molar-refractivity contribution in [2.24, 2.45) is 10.9 Å². The topological polar surface area (TPSA) is 46.5 Å². The molecule has 0 amide bonds. The van der Waals surface area contributed by atoms with Crippen LogP contribution in [0.2, 0.25) is 5.02 Å². The van der Waals surface area contributed by atoms with Crippen LogP contribution in [-0.2, 0) is 0 Å². The third-order valence-corrected chi connectivity index (χ3v) is 5.18. The third-order valence-electron chi connectivity index (χ3n) is 4.94. The highest BCUT2D eigenvalue weighted by molar-refractivity contribution is 6.31. The summed E-state index contributed by atoms with van der Waals surface area (Å²) < 4.78 is 6.30. The number of ether oxygens (including phenoxy) is 1. The van der Waals surface area contributed by atoms with Crippen LogP contribution in [0.1, 0.15) is 38.5 Å². The van der Waals surface area contributed by atoms with Gasteiger partial charge >= 0.3 is 0 Å². The van der Waals surface area contributed by atoms with Gasteiger partial charge in [0.15, 0.2) is 6.10 Å². The highest BCUT2D eigenvalue weighted by Gasteiger charge is 2.28. The molecular formula is C20H22ClN3O. The van der Waals surface area contributed by atoms with Crippen LogP contribution in [0.5, 0.6) is 5.75 Å². The van der Waals surface area contributed by atoms with Crippen molar-refractivity contribution in [3.05, 3.63) is 47.7 Å². The molecule has 0 saturated heterocycles. The van der Waals surface area contributed by atoms with Gasteiger partial charge in [0, 0.05) is 11.2 Å². The van der Waals surface area contributed by atoms with Gasteiger partial charge in [-0.25, -0.2) is 4.99 Å². The number of amidine groups is 1. The van der Waals surface area contributed by atoms with Crippen LogP contribution in [-0.4, -0.2) is 16.9 Å². The lowest BCUT2D eigenvalue weighted by atomic mass is 9.85. The molecule has 2 aromatic rings. The summed E-state index contributed by atoms with van der Waals surface area (Å²) in [6.45, 7) is 0. The Hall–Kier alpha value is -2.07. The molecule has 25 heavy (non-hydrogen) atoms. The summed E-state index contributed by atoms with van der Waals surface area (Å²) in [5.41, 5.74) is 1.70. The Bertz CT molecular complexity index is 757. The van der Waals surface area contributed by atoms with E-state index in [1.165, 1.54) is 32.1 Å². The van der Waals surface area contributed by atoms with E-state index in [0.717, 1.165) is 29.4 Å². The molecule has 1 saturated carbocycles. The van der Waals surface area contributed by atoms with E-state index < -0.39 is 0 Å². The maximum absolute atomic E-state index is 6.30. The lowest BCUT2D eigenvalue weighted by Gasteiger charge is -2.31. The van der Waals surface area contributed by atoms with Gasteiger partial charge in [-0.05, 0) is 42.7 Å². The number of fused-ring (bicyclic) bond motifs is 1. The number of hydrogen-bond donors (Lipinski definition) is 1. The highest BCUT2D eigenvalue weighted by atomic mass is 35.5. The van der Waals surface area contributed by atoms with Crippen molar-refractivity contribution < 1.29 is 4.74 Å². The maximum Gasteiger partial charge on any atom is 0.156 e. The van der Waals surface area contributed by atoms with E-state index in [2.05, 4.69) is 10.3 Å². The van der Waals surface area contributed by atoms with Crippen LogP contribution >= 0.6 is 11.6 Å². The average Bonchev–Trinajstić information content (AvgIpc) is 2.64. The van der Waals surface area contributed by atoms with Gasteiger partial charge in [-0.1, -0.05) is 43.7 Å². The first-order valence-corrected chi connectivity index (χ1v) is 9.37. The predicted octanol–water partition coefficient (Wildman–Crippen LogP) is 5.61. The van der Waals surface area contributed by atoms with Gasteiger partial charge in [0.1, 0.15) is 17.3 Å². The van der Waals surface area contributed by atoms with E-state index in [0.29, 0.717) is 10.9 Å². The van der Waals surface area contributed by atoms with Crippen molar-refractivity contribution in [2.45, 2.75) is 44.6 Å². The van der Waals surface area contributed by atoms with Crippen LogP contribution in [0.25, 0.3) is 0 Å². The monoisotopic (exact) mass is 355 g/mol. The second kappa shape index (κ2) is 7.44. The minimum Gasteiger partial charge on any atom is -0.480 e. The van der Waals surface area contributed by atoms with Crippen LogP contribution in [0.15, 0.2) is 47.7 Å². The SMILES string of the molecule is Clc1ccc2c(c1)N=C(Nc1cccnc1)[C@H](CC1CCCCC1)O2. The first-order valence-electron chi connectivity index (χ1n) is 9.00. The number of nitrogens with one attached hydrogen (secondary N) is 1. The molecule has 0 unspecified atom stereocenters. The molecule has 4 nitrogen and oxygen atoms in total. The Kier molecular flexibility index (Phi) is 4.88. The number of nitrogens with zero attached hydrogens (tertiary/aromatic N) is 2. The van der Waals surface area contributed by atoms with Crippen LogP contribution in [0, 0.1) is 5.92 Å². The summed E-state index contributed by atoms with van der Waals surface area (Å²) in [5.74, 6) is 2.35. The van der Waals surface area contributed by atoms with Crippen LogP contribution in [0.4, 0.5) is 11.4 Å². The van der Waals surface area contributed by atoms with Crippen molar-refractivity contribution in [1.82, 2.24) is 4.98 Å². The van der Waals surface area contributed by atoms with Gasteiger partial charge in [0.2, 0.25) is 0 Å². The first-order chi connectivity index (χ1) is 12.3. The zero-order chi connectivity index (χ0) is 17.1. The second-order valence-corrected chi connectivity index (χ2v) is 7.26. The van der Waals surface area contributed by atoms with Gasteiger partial charge in [-0.3, -0.25) is 4.98 Å². The number of anilines is 1. The van der Waals surface area contributed by atoms with Gasteiger partial charge < -0.3 is 10.1 Å². The highest BCUT2D eigenvalue weighted by Crippen LogP contribution is 2.37. The summed E-state index contributed by atoms with van der Waals surface area (Å²) in [6, 6.07) is 9.51. The molecular weight excluding hydrogens is 334 g/mol. The molecule has 1 aromatic heterocycles. The number of benzene rings is 1. The van der Waals surface area contributed by atoms with Gasteiger partial charge in [0.25, 0.3) is 0 Å². The molecule has 4 rings (SSSR count). The normalized spacial score (nSPS) is 20.4. The molecule has 0 bridgehead atoms. The molecule has 2 aliphatic rings. The Morgan fingerprint density at radius 3 is 2.84 bits per heavy atom. The standard InChI is InChI=1S/C20H22ClN3O/c21-15-8-9-18-17(12-15)24-20(23-16-7-4-10-22-13-16)19(25-18)11-14-5-2-1-3-6-14/h4,7-10,12-14,19H,1-3,5-6,11H2,(H,23,24)/t19-/m0/s1. The molecule has 1 aliphatic carbocycles. The van der Waals surface area contributed by atoms with Crippen molar-refractivity contribution in [3.8, 4) is 5.75 Å². The van der Waals surface area contributed by atoms with Crippen molar-refractivity contribution >= 4 is 28.8 Å². The smallest absolute Gasteiger partial charge is 0.156 e. The summed E-state index contributed by atoms with van der Waals surface area (Å²) in [7, 11) is 0. The quantitative estimate of drug-likeness (QED) is 0.778. The summed E-state index contributed by atoms with van der Waals surface area (Å²) in [5, 5.41) is 4.06. The minimum absolute atomic E-state index is 0.0584. The van der Waals surface area contributed by atoms with E-state index in [4.69, 9.17) is 21.3 Å². The van der Waals surface area contributed by atoms with E-state index >= 15 is 0 Å². The van der Waals surface area contributed by atoms with Gasteiger partial charge in [-0.15, -0.1) is 0 Å². The van der Waals surface area contributed by atoms with Gasteiger partial charge in [0.05, 0.1) is 11.9 Å². The van der Waals surface area contributed by atoms with E-state index in [9.17, 15) is 0 Å². The molecule has 0 radical (unpaired) electrons. The van der Waals surface area contributed by atoms with Crippen LogP contribution < -0.4 is 10.1 Å². The second-order valence-electron chi connectivity index (χ2n) is 6.82. The van der Waals surface area contributed by atoms with E-state index in [-0.39, 0.29) is 6.10 Å². The summed E-state index contributed by atoms with van der Waals surface area (Å²) in [6.07, 6.45) is 11.1. The third kappa shape index (κ3) is 3.96. The molecule has 1 atom stereocenters. The predicted molar refractivity (Wildman–Crippen MR) is 102 cm³/mol. The lowest BCUT2D eigenvalue weighted by molar-refractivity contribution is 0.202. The van der Waals surface area contributed by atoms with Crippen LogP contribution in [0.3, 0.4) is 0 Å². The van der Waals surface area contributed by atoms with Crippen molar-refractivity contribution in [1.29, 1.82) is 0 Å². The Morgan fingerprint density at radius 2 is 2.04 bits per heavy atom. The zero-order valence-electron chi connectivity index (χ0n) is 14.1. The molecule has 2 heterocycles. The maximum atomic E-state index is 6.30. The molecule has 1 aromatic carbocycles. The Labute approximate surface area is 153 Å². The number of aromatic nitrogens is 1. The molecule has 0 spiro atoms. The molecule has 1 fully saturated rings. The number of aliphatic imine (C=N–C) groups is 1. The first kappa shape index (κ1) is 16.4. The summed E-state index contributed by atoms with van der Waals surface area (Å²) >= 11 is 6.12. The molecule has 1 N–H and O–H groups in total. The lowest BCUT2D eigenvalue weighted by Crippen LogP contribution is -2.37. The fraction of sp³-hybridized carbons (Fsp3) is 0.400. The van der Waals surface area contributed by atoms with E-state index in [1.807, 2.05) is 30.3 Å². The fourth-order valence-corrected chi connectivity index (χ4v) is 3.83. The number of pyridine rings is 1. The fourth-order valence-electron chi connectivity index (χ4n) is 3.67. The zero-order valence-corrected chi connectivity index (χ0v) is 14.9. The van der Waals surface area contributed by atoms with Crippen molar-refractivity contribution in [2.75, 3.05) is 5.32 Å². The summed E-state index contributed by atoms with van der Waals surface area (Å²) in [4.78, 5) is 8.99. The molecule has 130 valence electrons. The molecule has 5 heteroatoms. The van der Waals surface area contributed by atoms with Gasteiger partial charge in [-0.2, -0.15) is 0 Å². The largest absolute Gasteiger partial charge is 0.480 e. The number of halogens is 1. The number of rotatable bonds is 3. The average molecular weight is 356 g/mol. The minimum atomic E-state index is -0.0584. The number of hydrogen-bond acceptors (Lipinski definition) is 4. The Morgan fingerprint density at radius 1 is 1.16 bits per heavy atom. The molecule has 1 aliphatic heterocycles.